The first kappa shape index (κ1) is 13.3. The maximum absolute atomic E-state index is 11.9. The van der Waals surface area contributed by atoms with Gasteiger partial charge in [0, 0.05) is 17.7 Å². The Kier molecular flexibility index (Phi) is 4.56. The van der Waals surface area contributed by atoms with Gasteiger partial charge in [0.05, 0.1) is 12.6 Å². The lowest BCUT2D eigenvalue weighted by atomic mass is 10.1. The summed E-state index contributed by atoms with van der Waals surface area (Å²) in [7, 11) is 1.81. The minimum Gasteiger partial charge on any atom is -0.394 e. The van der Waals surface area contributed by atoms with Crippen LogP contribution in [0.25, 0.3) is 0 Å². The number of aliphatic hydroxyl groups is 1. The van der Waals surface area contributed by atoms with Crippen molar-refractivity contribution in [3.8, 4) is 0 Å². The molecule has 1 atom stereocenters. The molecule has 0 radical (unpaired) electrons. The van der Waals surface area contributed by atoms with Crippen LogP contribution in [0.3, 0.4) is 0 Å². The molecule has 90 valence electrons. The Labute approximate surface area is 104 Å². The highest BCUT2D eigenvalue weighted by Crippen LogP contribution is 2.14. The standard InChI is InChI=1S/C11H17BrN2O2/c1-7(2)9(6-15)13-11(16)10-4-8(12)5-14(10)3/h4-5,7,9,15H,6H2,1-3H3,(H,13,16). The molecule has 0 aromatic carbocycles. The van der Waals surface area contributed by atoms with Crippen molar-refractivity contribution in [3.63, 3.8) is 0 Å². The molecule has 0 aliphatic rings. The summed E-state index contributed by atoms with van der Waals surface area (Å²) < 4.78 is 2.61. The molecule has 0 saturated carbocycles. The molecule has 0 aliphatic heterocycles. The highest BCUT2D eigenvalue weighted by Gasteiger charge is 2.18. The first-order valence-electron chi connectivity index (χ1n) is 5.19. The Balaban J connectivity index is 2.75. The van der Waals surface area contributed by atoms with E-state index in [1.807, 2.05) is 27.1 Å². The largest absolute Gasteiger partial charge is 0.394 e. The number of aliphatic hydroxyl groups excluding tert-OH is 1. The number of rotatable bonds is 4. The van der Waals surface area contributed by atoms with E-state index in [1.54, 1.807) is 10.6 Å². The van der Waals surface area contributed by atoms with E-state index in [9.17, 15) is 4.79 Å². The molecule has 0 fully saturated rings. The van der Waals surface area contributed by atoms with Gasteiger partial charge in [0.2, 0.25) is 0 Å². The molecule has 1 amide bonds. The monoisotopic (exact) mass is 288 g/mol. The molecule has 0 spiro atoms. The van der Waals surface area contributed by atoms with Crippen molar-refractivity contribution in [3.05, 3.63) is 22.4 Å². The van der Waals surface area contributed by atoms with E-state index in [0.29, 0.717) is 5.69 Å². The summed E-state index contributed by atoms with van der Waals surface area (Å²) >= 11 is 3.31. The molecule has 0 saturated heterocycles. The molecule has 0 aliphatic carbocycles. The maximum Gasteiger partial charge on any atom is 0.268 e. The summed E-state index contributed by atoms with van der Waals surface area (Å²) in [6.07, 6.45) is 1.82. The van der Waals surface area contributed by atoms with Crippen molar-refractivity contribution in [2.75, 3.05) is 6.61 Å². The lowest BCUT2D eigenvalue weighted by Gasteiger charge is -2.19. The molecule has 1 heterocycles. The molecule has 2 N–H and O–H groups in total. The molecule has 1 aromatic heterocycles. The Morgan fingerprint density at radius 2 is 2.25 bits per heavy atom. The molecule has 1 aromatic rings. The number of carbonyl (C=O) groups excluding carboxylic acids is 1. The average Bonchev–Trinajstić information content (AvgIpc) is 2.53. The third-order valence-corrected chi connectivity index (χ3v) is 2.96. The van der Waals surface area contributed by atoms with Crippen LogP contribution in [0.2, 0.25) is 0 Å². The summed E-state index contributed by atoms with van der Waals surface area (Å²) in [6.45, 7) is 3.87. The molecule has 0 bridgehead atoms. The minimum absolute atomic E-state index is 0.0466. The zero-order chi connectivity index (χ0) is 12.3. The molecule has 1 unspecified atom stereocenters. The fraction of sp³-hybridized carbons (Fsp3) is 0.545. The number of aryl methyl sites for hydroxylation is 1. The Bertz CT molecular complexity index is 374. The van der Waals surface area contributed by atoms with Crippen LogP contribution >= 0.6 is 15.9 Å². The lowest BCUT2D eigenvalue weighted by Crippen LogP contribution is -2.41. The SMILES string of the molecule is CC(C)C(CO)NC(=O)c1cc(Br)cn1C. The second-order valence-electron chi connectivity index (χ2n) is 4.16. The molecule has 16 heavy (non-hydrogen) atoms. The number of hydrogen-bond donors (Lipinski definition) is 2. The van der Waals surface area contributed by atoms with Crippen molar-refractivity contribution in [1.82, 2.24) is 9.88 Å². The molecule has 5 heteroatoms. The molecular weight excluding hydrogens is 272 g/mol. The Morgan fingerprint density at radius 1 is 1.62 bits per heavy atom. The summed E-state index contributed by atoms with van der Waals surface area (Å²) in [4.78, 5) is 11.9. The summed E-state index contributed by atoms with van der Waals surface area (Å²) in [5.41, 5.74) is 0.575. The number of halogens is 1. The number of nitrogens with zero attached hydrogens (tertiary/aromatic N) is 1. The number of nitrogens with one attached hydrogen (secondary N) is 1. The lowest BCUT2D eigenvalue weighted by molar-refractivity contribution is 0.0888. The van der Waals surface area contributed by atoms with Crippen LogP contribution in [0, 0.1) is 5.92 Å². The van der Waals surface area contributed by atoms with Crippen molar-refractivity contribution >= 4 is 21.8 Å². The first-order chi connectivity index (χ1) is 7.45. The Morgan fingerprint density at radius 3 is 2.62 bits per heavy atom. The zero-order valence-electron chi connectivity index (χ0n) is 9.70. The molecular formula is C11H17BrN2O2. The number of hydrogen-bond acceptors (Lipinski definition) is 2. The van der Waals surface area contributed by atoms with E-state index in [0.717, 1.165) is 4.47 Å². The summed E-state index contributed by atoms with van der Waals surface area (Å²) in [5, 5.41) is 11.9. The predicted molar refractivity (Wildman–Crippen MR) is 66.3 cm³/mol. The second-order valence-corrected chi connectivity index (χ2v) is 5.08. The quantitative estimate of drug-likeness (QED) is 0.883. The fourth-order valence-corrected chi connectivity index (χ4v) is 1.94. The van der Waals surface area contributed by atoms with E-state index in [-0.39, 0.29) is 24.5 Å². The van der Waals surface area contributed by atoms with Gasteiger partial charge in [-0.25, -0.2) is 0 Å². The first-order valence-corrected chi connectivity index (χ1v) is 5.98. The van der Waals surface area contributed by atoms with Gasteiger partial charge < -0.3 is 15.0 Å². The summed E-state index contributed by atoms with van der Waals surface area (Å²) in [6, 6.07) is 1.55. The smallest absolute Gasteiger partial charge is 0.268 e. The number of carbonyl (C=O) groups is 1. The third-order valence-electron chi connectivity index (χ3n) is 2.52. The van der Waals surface area contributed by atoms with Crippen LogP contribution < -0.4 is 5.32 Å². The van der Waals surface area contributed by atoms with Crippen LogP contribution in [0.15, 0.2) is 16.7 Å². The fourth-order valence-electron chi connectivity index (χ4n) is 1.42. The van der Waals surface area contributed by atoms with E-state index in [1.165, 1.54) is 0 Å². The summed E-state index contributed by atoms with van der Waals surface area (Å²) in [5.74, 6) is 0.0404. The maximum atomic E-state index is 11.9. The minimum atomic E-state index is -0.207. The van der Waals surface area contributed by atoms with Crippen molar-refractivity contribution in [2.24, 2.45) is 13.0 Å². The number of aromatic nitrogens is 1. The predicted octanol–water partition coefficient (Wildman–Crippen LogP) is 1.53. The van der Waals surface area contributed by atoms with Gasteiger partial charge in [0.25, 0.3) is 5.91 Å². The van der Waals surface area contributed by atoms with Crippen LogP contribution in [-0.2, 0) is 7.05 Å². The van der Waals surface area contributed by atoms with E-state index < -0.39 is 0 Å². The van der Waals surface area contributed by atoms with E-state index >= 15 is 0 Å². The van der Waals surface area contributed by atoms with Gasteiger partial charge in [-0.3, -0.25) is 4.79 Å². The second kappa shape index (κ2) is 5.50. The molecule has 1 rings (SSSR count). The van der Waals surface area contributed by atoms with Crippen molar-refractivity contribution < 1.29 is 9.90 Å². The van der Waals surface area contributed by atoms with Gasteiger partial charge in [-0.15, -0.1) is 0 Å². The zero-order valence-corrected chi connectivity index (χ0v) is 11.3. The van der Waals surface area contributed by atoms with E-state index in [4.69, 9.17) is 5.11 Å². The number of amides is 1. The van der Waals surface area contributed by atoms with Crippen LogP contribution in [-0.4, -0.2) is 28.2 Å². The van der Waals surface area contributed by atoms with Crippen LogP contribution in [0.4, 0.5) is 0 Å². The van der Waals surface area contributed by atoms with Crippen molar-refractivity contribution in [2.45, 2.75) is 19.9 Å². The van der Waals surface area contributed by atoms with Gasteiger partial charge >= 0.3 is 0 Å². The average molecular weight is 289 g/mol. The van der Waals surface area contributed by atoms with Crippen molar-refractivity contribution in [1.29, 1.82) is 0 Å². The highest BCUT2D eigenvalue weighted by atomic mass is 79.9. The van der Waals surface area contributed by atoms with Gasteiger partial charge in [0.1, 0.15) is 5.69 Å². The van der Waals surface area contributed by atoms with E-state index in [2.05, 4.69) is 21.2 Å². The van der Waals surface area contributed by atoms with Gasteiger partial charge in [0.15, 0.2) is 0 Å². The normalized spacial score (nSPS) is 12.9. The topological polar surface area (TPSA) is 54.3 Å². The highest BCUT2D eigenvalue weighted by molar-refractivity contribution is 9.10. The van der Waals surface area contributed by atoms with Gasteiger partial charge in [-0.2, -0.15) is 0 Å². The third kappa shape index (κ3) is 3.09. The van der Waals surface area contributed by atoms with Crippen LogP contribution in [0.1, 0.15) is 24.3 Å². The van der Waals surface area contributed by atoms with Gasteiger partial charge in [-0.05, 0) is 27.9 Å². The van der Waals surface area contributed by atoms with Crippen LogP contribution in [0.5, 0.6) is 0 Å². The molecule has 4 nitrogen and oxygen atoms in total. The van der Waals surface area contributed by atoms with Gasteiger partial charge in [-0.1, -0.05) is 13.8 Å². The Hall–Kier alpha value is -0.810.